The molecule has 11 heteroatoms. The molecule has 1 amide bonds. The maximum atomic E-state index is 13.4. The quantitative estimate of drug-likeness (QED) is 0.512. The number of carbonyl (C=O) groups excluding carboxylic acids is 1. The summed E-state index contributed by atoms with van der Waals surface area (Å²) in [7, 11) is 0. The standard InChI is InChI=1S/C24H30BrClN4O5/c1-13-8-29(22(32)35-23(3,4)5)14(2)7-28(13)20-15-6-16(26)17(25)19-18(15)30(21(31)27-20)9-24(12-34-19)10-33-11-24/h6,13-14H,7-12H2,1-5H3. The molecule has 0 radical (unpaired) electrons. The average Bonchev–Trinajstić information content (AvgIpc) is 2.93. The zero-order chi connectivity index (χ0) is 25.3. The molecule has 2 aromatic rings. The first-order chi connectivity index (χ1) is 16.4. The van der Waals surface area contributed by atoms with Gasteiger partial charge in [-0.3, -0.25) is 4.57 Å². The molecule has 2 unspecified atom stereocenters. The number of benzene rings is 1. The lowest BCUT2D eigenvalue weighted by Crippen LogP contribution is -2.59. The summed E-state index contributed by atoms with van der Waals surface area (Å²) >= 11 is 10.2. The Morgan fingerprint density at radius 2 is 1.94 bits per heavy atom. The van der Waals surface area contributed by atoms with Crippen molar-refractivity contribution in [2.75, 3.05) is 37.8 Å². The molecule has 3 aliphatic rings. The van der Waals surface area contributed by atoms with E-state index in [0.29, 0.717) is 66.0 Å². The highest BCUT2D eigenvalue weighted by atomic mass is 79.9. The molecule has 1 aromatic heterocycles. The van der Waals surface area contributed by atoms with Crippen molar-refractivity contribution in [1.82, 2.24) is 14.5 Å². The van der Waals surface area contributed by atoms with Crippen LogP contribution in [-0.4, -0.2) is 71.1 Å². The van der Waals surface area contributed by atoms with Gasteiger partial charge in [0.1, 0.15) is 18.0 Å². The van der Waals surface area contributed by atoms with Gasteiger partial charge in [-0.25, -0.2) is 9.59 Å². The van der Waals surface area contributed by atoms with E-state index in [0.717, 1.165) is 5.39 Å². The fourth-order valence-electron chi connectivity index (χ4n) is 5.00. The fourth-order valence-corrected chi connectivity index (χ4v) is 5.62. The lowest BCUT2D eigenvalue weighted by Gasteiger charge is -2.45. The second kappa shape index (κ2) is 8.52. The molecule has 1 aromatic carbocycles. The Bertz CT molecular complexity index is 1260. The SMILES string of the molecule is CC1CN(c2nc(=O)n3c4c(c(Br)c(Cl)cc24)OCC2(COC2)C3)C(C)CN1C(=O)OC(C)(C)C. The second-order valence-electron chi connectivity index (χ2n) is 11.0. The van der Waals surface area contributed by atoms with E-state index < -0.39 is 5.60 Å². The van der Waals surface area contributed by atoms with Crippen LogP contribution in [0.3, 0.4) is 0 Å². The summed E-state index contributed by atoms with van der Waals surface area (Å²) in [5, 5.41) is 1.23. The summed E-state index contributed by atoms with van der Waals surface area (Å²) in [6, 6.07) is 1.58. The first kappa shape index (κ1) is 24.6. The van der Waals surface area contributed by atoms with E-state index in [1.165, 1.54) is 0 Å². The maximum Gasteiger partial charge on any atom is 0.410 e. The van der Waals surface area contributed by atoms with Gasteiger partial charge in [-0.1, -0.05) is 11.6 Å². The Morgan fingerprint density at radius 3 is 2.57 bits per heavy atom. The van der Waals surface area contributed by atoms with Crippen molar-refractivity contribution < 1.29 is 19.0 Å². The van der Waals surface area contributed by atoms with Gasteiger partial charge < -0.3 is 24.0 Å². The van der Waals surface area contributed by atoms with Gasteiger partial charge in [0, 0.05) is 37.1 Å². The van der Waals surface area contributed by atoms with E-state index >= 15 is 0 Å². The number of piperazine rings is 1. The molecule has 0 saturated carbocycles. The van der Waals surface area contributed by atoms with Gasteiger partial charge in [-0.2, -0.15) is 4.98 Å². The van der Waals surface area contributed by atoms with Crippen molar-refractivity contribution in [2.24, 2.45) is 5.41 Å². The number of hydrogen-bond acceptors (Lipinski definition) is 7. The van der Waals surface area contributed by atoms with Crippen LogP contribution in [0, 0.1) is 5.41 Å². The highest BCUT2D eigenvalue weighted by molar-refractivity contribution is 9.10. The number of nitrogens with zero attached hydrogens (tertiary/aromatic N) is 4. The highest BCUT2D eigenvalue weighted by Gasteiger charge is 2.44. The first-order valence-electron chi connectivity index (χ1n) is 11.8. The second-order valence-corrected chi connectivity index (χ2v) is 12.2. The van der Waals surface area contributed by atoms with Gasteiger partial charge in [0.2, 0.25) is 0 Å². The summed E-state index contributed by atoms with van der Waals surface area (Å²) in [5.41, 5.74) is -0.496. The molecular formula is C24H30BrClN4O5. The normalized spacial score (nSPS) is 23.6. The van der Waals surface area contributed by atoms with Crippen molar-refractivity contribution in [3.8, 4) is 5.75 Å². The predicted molar refractivity (Wildman–Crippen MR) is 137 cm³/mol. The molecule has 9 nitrogen and oxygen atoms in total. The van der Waals surface area contributed by atoms with Crippen molar-refractivity contribution in [3.63, 3.8) is 0 Å². The molecule has 2 saturated heterocycles. The van der Waals surface area contributed by atoms with E-state index in [1.54, 1.807) is 9.47 Å². The minimum Gasteiger partial charge on any atom is -0.489 e. The van der Waals surface area contributed by atoms with Gasteiger partial charge in [-0.15, -0.1) is 0 Å². The number of anilines is 1. The molecule has 3 aliphatic heterocycles. The number of carbonyl (C=O) groups is 1. The molecule has 190 valence electrons. The van der Waals surface area contributed by atoms with Crippen molar-refractivity contribution in [3.05, 3.63) is 26.0 Å². The minimum atomic E-state index is -0.574. The van der Waals surface area contributed by atoms with Crippen LogP contribution in [0.4, 0.5) is 10.6 Å². The van der Waals surface area contributed by atoms with E-state index in [1.807, 2.05) is 40.7 Å². The third kappa shape index (κ3) is 4.27. The van der Waals surface area contributed by atoms with Crippen LogP contribution in [0.1, 0.15) is 34.6 Å². The smallest absolute Gasteiger partial charge is 0.410 e. The molecule has 35 heavy (non-hydrogen) atoms. The summed E-state index contributed by atoms with van der Waals surface area (Å²) in [4.78, 5) is 34.6. The molecule has 4 heterocycles. The maximum absolute atomic E-state index is 13.4. The third-order valence-electron chi connectivity index (χ3n) is 6.81. The number of ether oxygens (including phenoxy) is 3. The van der Waals surface area contributed by atoms with Crippen molar-refractivity contribution >= 4 is 50.3 Å². The lowest BCUT2D eigenvalue weighted by molar-refractivity contribution is -0.137. The van der Waals surface area contributed by atoms with Crippen LogP contribution in [0.5, 0.6) is 5.75 Å². The molecule has 5 rings (SSSR count). The minimum absolute atomic E-state index is 0.104. The van der Waals surface area contributed by atoms with E-state index in [2.05, 4.69) is 25.8 Å². The van der Waals surface area contributed by atoms with Crippen LogP contribution in [0.15, 0.2) is 15.3 Å². The molecule has 2 fully saturated rings. The number of amides is 1. The van der Waals surface area contributed by atoms with Crippen LogP contribution < -0.4 is 15.3 Å². The molecular weight excluding hydrogens is 540 g/mol. The Balaban J connectivity index is 1.57. The number of halogens is 2. The zero-order valence-electron chi connectivity index (χ0n) is 20.6. The van der Waals surface area contributed by atoms with Gasteiger partial charge in [-0.05, 0) is 56.6 Å². The van der Waals surface area contributed by atoms with Crippen LogP contribution in [0.25, 0.3) is 10.9 Å². The highest BCUT2D eigenvalue weighted by Crippen LogP contribution is 2.45. The number of rotatable bonds is 1. The Labute approximate surface area is 217 Å². The lowest BCUT2D eigenvalue weighted by atomic mass is 9.87. The molecule has 2 atom stereocenters. The summed E-state index contributed by atoms with van der Waals surface area (Å²) < 4.78 is 19.6. The average molecular weight is 570 g/mol. The first-order valence-corrected chi connectivity index (χ1v) is 13.0. The molecule has 0 aliphatic carbocycles. The van der Waals surface area contributed by atoms with Gasteiger partial charge in [0.25, 0.3) is 0 Å². The zero-order valence-corrected chi connectivity index (χ0v) is 22.9. The monoisotopic (exact) mass is 568 g/mol. The molecule has 0 N–H and O–H groups in total. The van der Waals surface area contributed by atoms with Crippen LogP contribution >= 0.6 is 27.5 Å². The van der Waals surface area contributed by atoms with E-state index in [-0.39, 0.29) is 29.3 Å². The molecule has 1 spiro atoms. The van der Waals surface area contributed by atoms with Gasteiger partial charge >= 0.3 is 11.8 Å². The van der Waals surface area contributed by atoms with Gasteiger partial charge in [0.15, 0.2) is 5.75 Å². The van der Waals surface area contributed by atoms with E-state index in [4.69, 9.17) is 25.8 Å². The Hall–Kier alpha value is -2.04. The van der Waals surface area contributed by atoms with Gasteiger partial charge in [0.05, 0.1) is 33.6 Å². The molecule has 0 bridgehead atoms. The fraction of sp³-hybridized carbons (Fsp3) is 0.625. The van der Waals surface area contributed by atoms with E-state index in [9.17, 15) is 9.59 Å². The summed E-state index contributed by atoms with van der Waals surface area (Å²) in [5.74, 6) is 1.09. The third-order valence-corrected chi connectivity index (χ3v) is 8.13. The topological polar surface area (TPSA) is 86.1 Å². The Kier molecular flexibility index (Phi) is 6.00. The van der Waals surface area contributed by atoms with Crippen molar-refractivity contribution in [1.29, 1.82) is 0 Å². The number of hydrogen-bond donors (Lipinski definition) is 0. The predicted octanol–water partition coefficient (Wildman–Crippen LogP) is 4.06. The Morgan fingerprint density at radius 1 is 1.23 bits per heavy atom. The van der Waals surface area contributed by atoms with Crippen molar-refractivity contribution in [2.45, 2.75) is 58.8 Å². The number of aromatic nitrogens is 2. The summed E-state index contributed by atoms with van der Waals surface area (Å²) in [6.45, 7) is 12.4. The summed E-state index contributed by atoms with van der Waals surface area (Å²) in [6.07, 6.45) is -0.341. The van der Waals surface area contributed by atoms with Crippen LogP contribution in [-0.2, 0) is 16.0 Å². The largest absolute Gasteiger partial charge is 0.489 e. The van der Waals surface area contributed by atoms with Crippen LogP contribution in [0.2, 0.25) is 5.02 Å².